The first-order valence-electron chi connectivity index (χ1n) is 3.96. The Balaban J connectivity index is 2.48. The van der Waals surface area contributed by atoms with E-state index in [2.05, 4.69) is 20.3 Å². The fourth-order valence-electron chi connectivity index (χ4n) is 1.13. The number of aliphatic hydroxyl groups excluding tert-OH is 2. The van der Waals surface area contributed by atoms with E-state index >= 15 is 0 Å². The van der Waals surface area contributed by atoms with Crippen LogP contribution in [0.25, 0.3) is 0 Å². The molecule has 74 valence electrons. The smallest absolute Gasteiger partial charge is 0.239 e. The molecule has 1 aromatic rings. The molecule has 1 aromatic heterocycles. The largest absolute Gasteiger partial charge is 0.492 e. The molecule has 0 spiro atoms. The highest BCUT2D eigenvalue weighted by molar-refractivity contribution is 5.96. The standard InChI is InChI=1S/C7H9N5O2/c8-7-11-5-4(6(14)12-7)10-3(2-13)1-9-5/h1,7,13H,2,8H2,(H,9,11)(H,12,14). The molecule has 0 radical (unpaired) electrons. The monoisotopic (exact) mass is 195 g/mol. The van der Waals surface area contributed by atoms with Crippen molar-refractivity contribution in [1.82, 2.24) is 9.97 Å². The number of rotatable bonds is 1. The van der Waals surface area contributed by atoms with Crippen LogP contribution in [0.3, 0.4) is 0 Å². The highest BCUT2D eigenvalue weighted by Gasteiger charge is 2.20. The molecule has 7 nitrogen and oxygen atoms in total. The van der Waals surface area contributed by atoms with Crippen LogP contribution in [0.5, 0.6) is 0 Å². The van der Waals surface area contributed by atoms with Gasteiger partial charge >= 0.3 is 0 Å². The van der Waals surface area contributed by atoms with E-state index < -0.39 is 6.29 Å². The lowest BCUT2D eigenvalue weighted by Gasteiger charge is -2.18. The summed E-state index contributed by atoms with van der Waals surface area (Å²) in [7, 11) is 0. The fourth-order valence-corrected chi connectivity index (χ4v) is 1.13. The SMILES string of the molecule is NC1N=C(O)c2nc(CO)cnc2N1. The zero-order valence-electron chi connectivity index (χ0n) is 7.18. The van der Waals surface area contributed by atoms with Gasteiger partial charge in [0.25, 0.3) is 0 Å². The zero-order chi connectivity index (χ0) is 10.1. The van der Waals surface area contributed by atoms with E-state index in [-0.39, 0.29) is 18.2 Å². The van der Waals surface area contributed by atoms with Gasteiger partial charge in [-0.3, -0.25) is 5.73 Å². The number of anilines is 1. The molecule has 0 amide bonds. The van der Waals surface area contributed by atoms with Gasteiger partial charge in [-0.2, -0.15) is 0 Å². The van der Waals surface area contributed by atoms with Gasteiger partial charge in [-0.15, -0.1) is 0 Å². The molecule has 7 heteroatoms. The van der Waals surface area contributed by atoms with Gasteiger partial charge < -0.3 is 15.5 Å². The van der Waals surface area contributed by atoms with Crippen molar-refractivity contribution in [3.8, 4) is 0 Å². The normalized spacial score (nSPS) is 19.6. The number of aliphatic hydroxyl groups is 2. The summed E-state index contributed by atoms with van der Waals surface area (Å²) in [4.78, 5) is 11.5. The topological polar surface area (TPSA) is 117 Å². The molecule has 1 unspecified atom stereocenters. The van der Waals surface area contributed by atoms with Crippen LogP contribution in [0.2, 0.25) is 0 Å². The van der Waals surface area contributed by atoms with Crippen molar-refractivity contribution < 1.29 is 10.2 Å². The molecule has 5 N–H and O–H groups in total. The minimum absolute atomic E-state index is 0.207. The maximum atomic E-state index is 9.40. The molecule has 0 saturated heterocycles. The summed E-state index contributed by atoms with van der Waals surface area (Å²) < 4.78 is 0. The van der Waals surface area contributed by atoms with Crippen LogP contribution in [0.15, 0.2) is 11.2 Å². The molecule has 0 aliphatic carbocycles. The van der Waals surface area contributed by atoms with Crippen molar-refractivity contribution in [3.05, 3.63) is 17.6 Å². The lowest BCUT2D eigenvalue weighted by atomic mass is 10.3. The van der Waals surface area contributed by atoms with E-state index in [1.165, 1.54) is 6.20 Å². The predicted molar refractivity (Wildman–Crippen MR) is 48.7 cm³/mol. The Bertz CT molecular complexity index is 392. The first-order chi connectivity index (χ1) is 6.70. The molecule has 2 rings (SSSR count). The third-order valence-electron chi connectivity index (χ3n) is 1.74. The van der Waals surface area contributed by atoms with Crippen molar-refractivity contribution >= 4 is 11.7 Å². The van der Waals surface area contributed by atoms with Gasteiger partial charge in [0.05, 0.1) is 18.5 Å². The number of nitrogens with zero attached hydrogens (tertiary/aromatic N) is 3. The van der Waals surface area contributed by atoms with Crippen molar-refractivity contribution in [1.29, 1.82) is 0 Å². The van der Waals surface area contributed by atoms with E-state index in [1.807, 2.05) is 0 Å². The molecule has 1 atom stereocenters. The molecular weight excluding hydrogens is 186 g/mol. The number of fused-ring (bicyclic) bond motifs is 1. The maximum absolute atomic E-state index is 9.40. The average molecular weight is 195 g/mol. The Morgan fingerprint density at radius 1 is 1.57 bits per heavy atom. The zero-order valence-corrected chi connectivity index (χ0v) is 7.18. The van der Waals surface area contributed by atoms with Gasteiger partial charge in [-0.1, -0.05) is 0 Å². The third-order valence-corrected chi connectivity index (χ3v) is 1.74. The summed E-state index contributed by atoms with van der Waals surface area (Å²) in [6.07, 6.45) is 0.689. The van der Waals surface area contributed by atoms with Crippen molar-refractivity contribution in [2.75, 3.05) is 5.32 Å². The van der Waals surface area contributed by atoms with Crippen LogP contribution >= 0.6 is 0 Å². The van der Waals surface area contributed by atoms with E-state index in [1.54, 1.807) is 0 Å². The molecule has 0 bridgehead atoms. The van der Waals surface area contributed by atoms with Crippen LogP contribution < -0.4 is 11.1 Å². The molecule has 0 aromatic carbocycles. The Morgan fingerprint density at radius 3 is 3.07 bits per heavy atom. The van der Waals surface area contributed by atoms with Crippen molar-refractivity contribution in [2.24, 2.45) is 10.7 Å². The molecule has 1 aliphatic rings. The van der Waals surface area contributed by atoms with Crippen LogP contribution in [0, 0.1) is 0 Å². The van der Waals surface area contributed by atoms with Gasteiger partial charge in [0.1, 0.15) is 0 Å². The van der Waals surface area contributed by atoms with E-state index in [9.17, 15) is 5.11 Å². The number of aliphatic imine (C=N–C) groups is 1. The number of aromatic nitrogens is 2. The molecule has 0 fully saturated rings. The first-order valence-corrected chi connectivity index (χ1v) is 3.96. The second-order valence-corrected chi connectivity index (χ2v) is 2.76. The number of hydrogen-bond acceptors (Lipinski definition) is 6. The Hall–Kier alpha value is -1.73. The molecule has 14 heavy (non-hydrogen) atoms. The summed E-state index contributed by atoms with van der Waals surface area (Å²) in [6, 6.07) is 0. The summed E-state index contributed by atoms with van der Waals surface area (Å²) in [6.45, 7) is -0.236. The summed E-state index contributed by atoms with van der Waals surface area (Å²) >= 11 is 0. The Labute approximate surface area is 79.3 Å². The van der Waals surface area contributed by atoms with E-state index in [4.69, 9.17) is 10.8 Å². The quantitative estimate of drug-likeness (QED) is 0.454. The summed E-state index contributed by atoms with van der Waals surface area (Å²) in [5.41, 5.74) is 6.01. The van der Waals surface area contributed by atoms with Crippen LogP contribution in [-0.4, -0.2) is 32.4 Å². The minimum Gasteiger partial charge on any atom is -0.492 e. The minimum atomic E-state index is -0.711. The van der Waals surface area contributed by atoms with Gasteiger partial charge in [-0.25, -0.2) is 15.0 Å². The summed E-state index contributed by atoms with van der Waals surface area (Å²) in [5.74, 6) is 0.0938. The van der Waals surface area contributed by atoms with Gasteiger partial charge in [0.2, 0.25) is 5.90 Å². The fraction of sp³-hybridized carbons (Fsp3) is 0.286. The van der Waals surface area contributed by atoms with E-state index in [0.29, 0.717) is 11.5 Å². The lowest BCUT2D eigenvalue weighted by molar-refractivity contribution is 0.276. The van der Waals surface area contributed by atoms with E-state index in [0.717, 1.165) is 0 Å². The number of nitrogens with one attached hydrogen (secondary N) is 1. The van der Waals surface area contributed by atoms with Gasteiger partial charge in [-0.05, 0) is 0 Å². The van der Waals surface area contributed by atoms with Crippen LogP contribution in [0.1, 0.15) is 11.4 Å². The second kappa shape index (κ2) is 3.20. The van der Waals surface area contributed by atoms with Gasteiger partial charge in [0.15, 0.2) is 17.8 Å². The second-order valence-electron chi connectivity index (χ2n) is 2.76. The highest BCUT2D eigenvalue weighted by Crippen LogP contribution is 2.15. The lowest BCUT2D eigenvalue weighted by Crippen LogP contribution is -2.34. The first kappa shape index (κ1) is 8.85. The predicted octanol–water partition coefficient (Wildman–Crippen LogP) is -1.06. The number of nitrogens with two attached hydrogens (primary N) is 1. The number of hydrogen-bond donors (Lipinski definition) is 4. The van der Waals surface area contributed by atoms with Crippen LogP contribution in [-0.2, 0) is 6.61 Å². The Kier molecular flexibility index (Phi) is 2.02. The molecule has 2 heterocycles. The van der Waals surface area contributed by atoms with Gasteiger partial charge in [0, 0.05) is 0 Å². The molecule has 0 saturated carbocycles. The Morgan fingerprint density at radius 2 is 2.36 bits per heavy atom. The van der Waals surface area contributed by atoms with Crippen molar-refractivity contribution in [2.45, 2.75) is 12.9 Å². The van der Waals surface area contributed by atoms with Crippen LogP contribution in [0.4, 0.5) is 5.82 Å². The third kappa shape index (κ3) is 1.38. The maximum Gasteiger partial charge on any atom is 0.239 e. The highest BCUT2D eigenvalue weighted by atomic mass is 16.3. The molecular formula is C7H9N5O2. The average Bonchev–Trinajstić information content (AvgIpc) is 2.17. The molecule has 1 aliphatic heterocycles. The summed E-state index contributed by atoms with van der Waals surface area (Å²) in [5, 5.41) is 20.9. The van der Waals surface area contributed by atoms with Crippen molar-refractivity contribution in [3.63, 3.8) is 0 Å².